The summed E-state index contributed by atoms with van der Waals surface area (Å²) in [5.74, 6) is 0. The molecule has 3 rings (SSSR count). The predicted octanol–water partition coefficient (Wildman–Crippen LogP) is 2.40. The molecule has 0 aliphatic carbocycles. The van der Waals surface area contributed by atoms with Gasteiger partial charge in [0.15, 0.2) is 0 Å². The summed E-state index contributed by atoms with van der Waals surface area (Å²) in [6.07, 6.45) is 7.15. The number of nitrogens with two attached hydrogens (primary N) is 1. The van der Waals surface area contributed by atoms with Gasteiger partial charge in [0.05, 0.1) is 6.20 Å². The number of fused-ring (bicyclic) bond motifs is 1. The molecule has 0 fully saturated rings. The van der Waals surface area contributed by atoms with Crippen LogP contribution in [0.2, 0.25) is 0 Å². The molecule has 1 aliphatic rings. The fourth-order valence-corrected chi connectivity index (χ4v) is 3.93. The highest BCUT2D eigenvalue weighted by molar-refractivity contribution is 8.00. The summed E-state index contributed by atoms with van der Waals surface area (Å²) in [6, 6.07) is 8.89. The first-order chi connectivity index (χ1) is 9.22. The third-order valence-corrected chi connectivity index (χ3v) is 5.15. The Kier molecular flexibility index (Phi) is 3.62. The molecular weight excluding hydrogens is 254 g/mol. The molecule has 0 saturated heterocycles. The first-order valence-electron chi connectivity index (χ1n) is 6.70. The lowest BCUT2D eigenvalue weighted by Crippen LogP contribution is -2.32. The number of hydrogen-bond acceptors (Lipinski definition) is 3. The fourth-order valence-electron chi connectivity index (χ4n) is 2.57. The smallest absolute Gasteiger partial charge is 0.0521 e. The van der Waals surface area contributed by atoms with Crippen LogP contribution in [0.4, 0.5) is 0 Å². The van der Waals surface area contributed by atoms with Gasteiger partial charge in [0.25, 0.3) is 0 Å². The average molecular weight is 273 g/mol. The Labute approximate surface area is 118 Å². The van der Waals surface area contributed by atoms with Gasteiger partial charge >= 0.3 is 0 Å². The Morgan fingerprint density at radius 1 is 1.47 bits per heavy atom. The second kappa shape index (κ2) is 5.39. The van der Waals surface area contributed by atoms with Crippen molar-refractivity contribution in [3.63, 3.8) is 0 Å². The molecule has 0 radical (unpaired) electrons. The van der Waals surface area contributed by atoms with Gasteiger partial charge in [-0.25, -0.2) is 0 Å². The van der Waals surface area contributed by atoms with E-state index in [4.69, 9.17) is 5.73 Å². The van der Waals surface area contributed by atoms with Crippen molar-refractivity contribution in [2.45, 2.75) is 35.4 Å². The molecule has 19 heavy (non-hydrogen) atoms. The molecule has 2 N–H and O–H groups in total. The van der Waals surface area contributed by atoms with Gasteiger partial charge in [-0.2, -0.15) is 5.10 Å². The molecule has 1 aromatic carbocycles. The van der Waals surface area contributed by atoms with Crippen LogP contribution in [0, 0.1) is 0 Å². The number of hydrogen-bond donors (Lipinski definition) is 1. The normalized spacial score (nSPS) is 19.4. The molecule has 1 aromatic heterocycles. The number of benzene rings is 1. The van der Waals surface area contributed by atoms with Crippen molar-refractivity contribution in [3.05, 3.63) is 47.8 Å². The highest BCUT2D eigenvalue weighted by Crippen LogP contribution is 2.38. The largest absolute Gasteiger partial charge is 0.327 e. The highest BCUT2D eigenvalue weighted by atomic mass is 32.2. The van der Waals surface area contributed by atoms with Crippen LogP contribution in [0.1, 0.15) is 17.5 Å². The lowest BCUT2D eigenvalue weighted by molar-refractivity contribution is 0.587. The van der Waals surface area contributed by atoms with Crippen molar-refractivity contribution in [1.82, 2.24) is 9.78 Å². The molecule has 4 heteroatoms. The van der Waals surface area contributed by atoms with Crippen molar-refractivity contribution >= 4 is 11.8 Å². The number of aromatic nitrogens is 2. The molecule has 2 heterocycles. The minimum absolute atomic E-state index is 0.248. The molecule has 0 amide bonds. The highest BCUT2D eigenvalue weighted by Gasteiger charge is 2.26. The van der Waals surface area contributed by atoms with Crippen LogP contribution in [0.15, 0.2) is 41.6 Å². The van der Waals surface area contributed by atoms with Crippen molar-refractivity contribution in [1.29, 1.82) is 0 Å². The van der Waals surface area contributed by atoms with E-state index in [9.17, 15) is 0 Å². The van der Waals surface area contributed by atoms with Crippen LogP contribution in [-0.4, -0.2) is 21.1 Å². The zero-order valence-electron chi connectivity index (χ0n) is 11.1. The van der Waals surface area contributed by atoms with Crippen molar-refractivity contribution < 1.29 is 0 Å². The number of rotatable bonds is 4. The van der Waals surface area contributed by atoms with E-state index in [1.807, 2.05) is 29.7 Å². The maximum absolute atomic E-state index is 6.36. The lowest BCUT2D eigenvalue weighted by atomic mass is 10.0. The Morgan fingerprint density at radius 2 is 2.32 bits per heavy atom. The standard InChI is InChI=1S/C15H19N3S/c1-18-10-11(9-17-18)6-7-13(16)15-8-12-4-2-3-5-14(12)19-15/h2-5,9-10,13,15H,6-8,16H2,1H3. The lowest BCUT2D eigenvalue weighted by Gasteiger charge is -2.17. The van der Waals surface area contributed by atoms with Gasteiger partial charge in [0.2, 0.25) is 0 Å². The van der Waals surface area contributed by atoms with Gasteiger partial charge < -0.3 is 5.73 Å². The van der Waals surface area contributed by atoms with E-state index < -0.39 is 0 Å². The fraction of sp³-hybridized carbons (Fsp3) is 0.400. The topological polar surface area (TPSA) is 43.8 Å². The molecule has 0 spiro atoms. The summed E-state index contributed by atoms with van der Waals surface area (Å²) in [7, 11) is 1.95. The minimum Gasteiger partial charge on any atom is -0.327 e. The maximum Gasteiger partial charge on any atom is 0.0521 e. The van der Waals surface area contributed by atoms with Crippen LogP contribution in [0.5, 0.6) is 0 Å². The molecule has 100 valence electrons. The van der Waals surface area contributed by atoms with Crippen LogP contribution < -0.4 is 5.73 Å². The summed E-state index contributed by atoms with van der Waals surface area (Å²) in [5, 5.41) is 4.72. The van der Waals surface area contributed by atoms with E-state index in [-0.39, 0.29) is 6.04 Å². The quantitative estimate of drug-likeness (QED) is 0.930. The van der Waals surface area contributed by atoms with E-state index in [2.05, 4.69) is 35.6 Å². The molecule has 0 bridgehead atoms. The summed E-state index contributed by atoms with van der Waals surface area (Å²) < 4.78 is 1.85. The van der Waals surface area contributed by atoms with Gasteiger partial charge in [-0.3, -0.25) is 4.68 Å². The molecule has 1 aliphatic heterocycles. The van der Waals surface area contributed by atoms with E-state index in [0.717, 1.165) is 19.3 Å². The molecule has 2 atom stereocenters. The van der Waals surface area contributed by atoms with Gasteiger partial charge in [0, 0.05) is 29.4 Å². The van der Waals surface area contributed by atoms with Gasteiger partial charge in [-0.1, -0.05) is 18.2 Å². The summed E-state index contributed by atoms with van der Waals surface area (Å²) >= 11 is 1.94. The Balaban J connectivity index is 1.56. The van der Waals surface area contributed by atoms with Crippen molar-refractivity contribution in [2.75, 3.05) is 0 Å². The Bertz CT molecular complexity index is 539. The predicted molar refractivity (Wildman–Crippen MR) is 79.3 cm³/mol. The number of thioether (sulfide) groups is 1. The first kappa shape index (κ1) is 12.8. The van der Waals surface area contributed by atoms with Crippen molar-refractivity contribution in [3.8, 4) is 0 Å². The summed E-state index contributed by atoms with van der Waals surface area (Å²) in [4.78, 5) is 1.41. The first-order valence-corrected chi connectivity index (χ1v) is 7.58. The Morgan fingerprint density at radius 3 is 3.05 bits per heavy atom. The number of nitrogens with zero attached hydrogens (tertiary/aromatic N) is 2. The molecule has 2 aromatic rings. The second-order valence-corrected chi connectivity index (χ2v) is 6.47. The third kappa shape index (κ3) is 2.85. The van der Waals surface area contributed by atoms with Crippen molar-refractivity contribution in [2.24, 2.45) is 12.8 Å². The zero-order chi connectivity index (χ0) is 13.2. The third-order valence-electron chi connectivity index (χ3n) is 3.67. The average Bonchev–Trinajstić information content (AvgIpc) is 3.01. The van der Waals surface area contributed by atoms with Crippen LogP contribution in [0.25, 0.3) is 0 Å². The van der Waals surface area contributed by atoms with E-state index in [1.165, 1.54) is 16.0 Å². The van der Waals surface area contributed by atoms with Gasteiger partial charge in [0.1, 0.15) is 0 Å². The van der Waals surface area contributed by atoms with Crippen LogP contribution in [-0.2, 0) is 19.9 Å². The molecular formula is C15H19N3S. The van der Waals surface area contributed by atoms with E-state index in [1.54, 1.807) is 0 Å². The van der Waals surface area contributed by atoms with Crippen LogP contribution >= 0.6 is 11.8 Å². The van der Waals surface area contributed by atoms with Gasteiger partial charge in [-0.05, 0) is 36.5 Å². The summed E-state index contributed by atoms with van der Waals surface area (Å²) in [5.41, 5.74) is 9.09. The van der Waals surface area contributed by atoms with Crippen LogP contribution in [0.3, 0.4) is 0 Å². The van der Waals surface area contributed by atoms with E-state index >= 15 is 0 Å². The second-order valence-electron chi connectivity index (χ2n) is 5.19. The molecule has 2 unspecified atom stereocenters. The minimum atomic E-state index is 0.248. The Hall–Kier alpha value is -1.26. The van der Waals surface area contributed by atoms with Gasteiger partial charge in [-0.15, -0.1) is 11.8 Å². The number of aryl methyl sites for hydroxylation is 2. The SMILES string of the molecule is Cn1cc(CCC(N)C2Cc3ccccc3S2)cn1. The monoisotopic (exact) mass is 273 g/mol. The maximum atomic E-state index is 6.36. The van der Waals surface area contributed by atoms with E-state index in [0.29, 0.717) is 5.25 Å². The molecule has 3 nitrogen and oxygen atoms in total. The summed E-state index contributed by atoms with van der Waals surface area (Å²) in [6.45, 7) is 0. The zero-order valence-corrected chi connectivity index (χ0v) is 11.9. The molecule has 0 saturated carbocycles.